The van der Waals surface area contributed by atoms with Gasteiger partial charge in [-0.2, -0.15) is 0 Å². The van der Waals surface area contributed by atoms with Gasteiger partial charge in [-0.3, -0.25) is 4.90 Å². The topological polar surface area (TPSA) is 101 Å². The maximum Gasteiger partial charge on any atom is 0.136 e. The van der Waals surface area contributed by atoms with E-state index in [4.69, 9.17) is 18.9 Å². The van der Waals surface area contributed by atoms with Gasteiger partial charge in [0.25, 0.3) is 0 Å². The summed E-state index contributed by atoms with van der Waals surface area (Å²) in [5.41, 5.74) is -3.69. The molecule has 4 aliphatic heterocycles. The van der Waals surface area contributed by atoms with E-state index < -0.39 is 29.3 Å². The van der Waals surface area contributed by atoms with Gasteiger partial charge in [0.2, 0.25) is 0 Å². The largest absolute Gasteiger partial charge is 0.392 e. The van der Waals surface area contributed by atoms with Crippen LogP contribution >= 0.6 is 0 Å². The molecule has 0 aromatic rings. The molecule has 8 nitrogen and oxygen atoms in total. The van der Waals surface area contributed by atoms with Crippen LogP contribution in [0.1, 0.15) is 32.6 Å². The lowest BCUT2D eigenvalue weighted by molar-refractivity contribution is -0.410. The van der Waals surface area contributed by atoms with Gasteiger partial charge in [0.1, 0.15) is 17.4 Å². The Kier molecular flexibility index (Phi) is 3.99. The van der Waals surface area contributed by atoms with Crippen molar-refractivity contribution in [1.82, 2.24) is 4.90 Å². The highest BCUT2D eigenvalue weighted by atomic mass is 16.5. The van der Waals surface area contributed by atoms with Gasteiger partial charge in [0, 0.05) is 56.3 Å². The molecule has 9 aliphatic rings. The summed E-state index contributed by atoms with van der Waals surface area (Å²) in [6.07, 6.45) is 1.31. The minimum atomic E-state index is -1.52. The lowest BCUT2D eigenvalue weighted by atomic mass is 9.41. The maximum absolute atomic E-state index is 12.9. The third-order valence-electron chi connectivity index (χ3n) is 11.6. The minimum absolute atomic E-state index is 0.00204. The molecule has 3 unspecified atom stereocenters. The molecule has 8 heteroatoms. The Morgan fingerprint density at radius 2 is 1.94 bits per heavy atom. The Hall–Kier alpha value is -0.320. The summed E-state index contributed by atoms with van der Waals surface area (Å²) in [6, 6.07) is -0.267. The number of piperidine rings is 1. The first-order valence-electron chi connectivity index (χ1n) is 12.4. The average Bonchev–Trinajstić information content (AvgIpc) is 3.17. The van der Waals surface area contributed by atoms with Gasteiger partial charge in [-0.15, -0.1) is 0 Å². The number of nitrogens with zero attached hydrogens (tertiary/aromatic N) is 1. The van der Waals surface area contributed by atoms with E-state index in [1.807, 2.05) is 0 Å². The molecule has 5 aliphatic carbocycles. The number of fused-ring (bicyclic) bond motifs is 3. The molecule has 4 saturated heterocycles. The molecule has 9 rings (SSSR count). The Morgan fingerprint density at radius 3 is 2.59 bits per heavy atom. The molecular formula is C24H37NO7. The van der Waals surface area contributed by atoms with Gasteiger partial charge in [-0.05, 0) is 31.7 Å². The van der Waals surface area contributed by atoms with E-state index in [1.54, 1.807) is 21.3 Å². The van der Waals surface area contributed by atoms with Crippen molar-refractivity contribution in [3.05, 3.63) is 0 Å². The first-order valence-corrected chi connectivity index (χ1v) is 12.4. The van der Waals surface area contributed by atoms with Crippen LogP contribution < -0.4 is 0 Å². The van der Waals surface area contributed by atoms with Gasteiger partial charge in [0.05, 0.1) is 37.1 Å². The second kappa shape index (κ2) is 6.08. The SMILES string of the molecule is CCN1C2OC3CC[C@@]2(COC)[C@H]2[C@H](OC)[C@]4(O)C1[C@@]32[C@@H]1C[C@H]2[C@H](O)[C@@H]1[C@]4(O)C[C@@H]2OC. The molecule has 180 valence electrons. The van der Waals surface area contributed by atoms with E-state index in [9.17, 15) is 15.3 Å². The Bertz CT molecular complexity index is 839. The van der Waals surface area contributed by atoms with Crippen molar-refractivity contribution in [3.63, 3.8) is 0 Å². The van der Waals surface area contributed by atoms with Gasteiger partial charge < -0.3 is 34.3 Å². The number of methoxy groups -OCH3 is 3. The van der Waals surface area contributed by atoms with Crippen LogP contribution in [-0.4, -0.2) is 103 Å². The van der Waals surface area contributed by atoms with Crippen LogP contribution in [0.3, 0.4) is 0 Å². The highest BCUT2D eigenvalue weighted by molar-refractivity contribution is 5.43. The summed E-state index contributed by atoms with van der Waals surface area (Å²) >= 11 is 0. The molecule has 0 radical (unpaired) electrons. The number of hydrogen-bond acceptors (Lipinski definition) is 8. The lowest BCUT2D eigenvalue weighted by Gasteiger charge is -2.76. The van der Waals surface area contributed by atoms with E-state index in [0.717, 1.165) is 19.3 Å². The zero-order valence-corrected chi connectivity index (χ0v) is 19.4. The quantitative estimate of drug-likeness (QED) is 0.536. The van der Waals surface area contributed by atoms with E-state index in [0.29, 0.717) is 19.6 Å². The van der Waals surface area contributed by atoms with Crippen LogP contribution in [0.25, 0.3) is 0 Å². The molecule has 4 heterocycles. The second-order valence-corrected chi connectivity index (χ2v) is 11.8. The van der Waals surface area contributed by atoms with Crippen molar-refractivity contribution in [3.8, 4) is 0 Å². The summed E-state index contributed by atoms with van der Waals surface area (Å²) in [5, 5.41) is 36.9. The molecular weight excluding hydrogens is 414 g/mol. The number of rotatable bonds is 5. The molecule has 5 saturated carbocycles. The van der Waals surface area contributed by atoms with Crippen LogP contribution in [0, 0.1) is 34.5 Å². The molecule has 9 fully saturated rings. The van der Waals surface area contributed by atoms with E-state index in [-0.39, 0.29) is 53.1 Å². The number of aliphatic hydroxyl groups excluding tert-OH is 1. The van der Waals surface area contributed by atoms with Crippen LogP contribution in [0.5, 0.6) is 0 Å². The summed E-state index contributed by atoms with van der Waals surface area (Å²) in [7, 11) is 5.06. The van der Waals surface area contributed by atoms with Crippen molar-refractivity contribution in [2.24, 2.45) is 34.5 Å². The summed E-state index contributed by atoms with van der Waals surface area (Å²) < 4.78 is 24.7. The fraction of sp³-hybridized carbons (Fsp3) is 1.00. The Labute approximate surface area is 189 Å². The third kappa shape index (κ3) is 1.70. The normalized spacial score (nSPS) is 65.7. The van der Waals surface area contributed by atoms with E-state index >= 15 is 0 Å². The highest BCUT2D eigenvalue weighted by Gasteiger charge is 2.94. The number of ether oxygens (including phenoxy) is 4. The monoisotopic (exact) mass is 451 g/mol. The van der Waals surface area contributed by atoms with Gasteiger partial charge in [-0.1, -0.05) is 6.92 Å². The zero-order valence-electron chi connectivity index (χ0n) is 19.4. The zero-order chi connectivity index (χ0) is 22.4. The van der Waals surface area contributed by atoms with Crippen LogP contribution in [0.2, 0.25) is 0 Å². The van der Waals surface area contributed by atoms with Crippen molar-refractivity contribution in [2.45, 2.75) is 80.5 Å². The van der Waals surface area contributed by atoms with E-state index in [1.165, 1.54) is 0 Å². The average molecular weight is 452 g/mol. The smallest absolute Gasteiger partial charge is 0.136 e. The van der Waals surface area contributed by atoms with Gasteiger partial charge >= 0.3 is 0 Å². The molecule has 1 spiro atoms. The Morgan fingerprint density at radius 1 is 1.16 bits per heavy atom. The Balaban J connectivity index is 1.55. The van der Waals surface area contributed by atoms with E-state index in [2.05, 4.69) is 11.8 Å². The molecule has 14 atom stereocenters. The van der Waals surface area contributed by atoms with Gasteiger partial charge in [-0.25, -0.2) is 0 Å². The maximum atomic E-state index is 12.9. The lowest BCUT2D eigenvalue weighted by Crippen LogP contribution is -2.86. The number of likely N-dealkylation sites (N-methyl/N-ethyl adjacent to an activating group) is 1. The minimum Gasteiger partial charge on any atom is -0.392 e. The van der Waals surface area contributed by atoms with Gasteiger partial charge in [0.15, 0.2) is 0 Å². The summed E-state index contributed by atoms with van der Waals surface area (Å²) in [4.78, 5) is 2.32. The summed E-state index contributed by atoms with van der Waals surface area (Å²) in [6.45, 7) is 3.37. The third-order valence-corrected chi connectivity index (χ3v) is 11.6. The number of aliphatic hydroxyl groups is 3. The van der Waals surface area contributed by atoms with Crippen LogP contribution in [-0.2, 0) is 18.9 Å². The molecule has 0 amide bonds. The predicted octanol–water partition coefficient (Wildman–Crippen LogP) is -0.0191. The molecule has 3 N–H and O–H groups in total. The highest BCUT2D eigenvalue weighted by Crippen LogP contribution is 2.83. The van der Waals surface area contributed by atoms with Crippen molar-refractivity contribution < 1.29 is 34.3 Å². The fourth-order valence-electron chi connectivity index (χ4n) is 11.2. The second-order valence-electron chi connectivity index (χ2n) is 11.8. The van der Waals surface area contributed by atoms with Crippen LogP contribution in [0.4, 0.5) is 0 Å². The first kappa shape index (κ1) is 21.0. The summed E-state index contributed by atoms with van der Waals surface area (Å²) in [5.74, 6) is -0.374. The fourth-order valence-corrected chi connectivity index (χ4v) is 11.2. The van der Waals surface area contributed by atoms with Crippen molar-refractivity contribution >= 4 is 0 Å². The molecule has 0 aromatic carbocycles. The standard InChI is InChI=1S/C24H37NO7/c1-5-25-19-23-12-8-11-13(30-3)9-22(27,15(12)16(11)26)24(19,28)18(31-4)17(23)21(10-29-2)7-6-14(23)32-20(21)25/h11-20,26-28H,5-10H2,1-4H3/t11-,12-,13+,14?,15-,16+,17-,18+,19?,20?,21-,22-,23+,24+/m1/s1. The predicted molar refractivity (Wildman–Crippen MR) is 111 cm³/mol. The van der Waals surface area contributed by atoms with Crippen molar-refractivity contribution in [2.75, 3.05) is 34.5 Å². The molecule has 32 heavy (non-hydrogen) atoms. The number of hydrogen-bond donors (Lipinski definition) is 3. The van der Waals surface area contributed by atoms with Crippen molar-refractivity contribution in [1.29, 1.82) is 0 Å². The molecule has 9 bridgehead atoms. The molecule has 0 aromatic heterocycles. The first-order chi connectivity index (χ1) is 15.3. The van der Waals surface area contributed by atoms with Crippen LogP contribution in [0.15, 0.2) is 0 Å².